The van der Waals surface area contributed by atoms with Gasteiger partial charge in [0.15, 0.2) is 6.61 Å². The van der Waals surface area contributed by atoms with Crippen molar-refractivity contribution in [3.05, 3.63) is 47.0 Å². The number of nitrogens with one attached hydrogen (secondary N) is 1. The van der Waals surface area contributed by atoms with E-state index in [-0.39, 0.29) is 12.5 Å². The van der Waals surface area contributed by atoms with Gasteiger partial charge in [-0.25, -0.2) is 0 Å². The summed E-state index contributed by atoms with van der Waals surface area (Å²) in [7, 11) is 0. The predicted molar refractivity (Wildman–Crippen MR) is 104 cm³/mol. The summed E-state index contributed by atoms with van der Waals surface area (Å²) in [6.07, 6.45) is 0. The van der Waals surface area contributed by atoms with Crippen LogP contribution < -0.4 is 20.7 Å². The van der Waals surface area contributed by atoms with Gasteiger partial charge in [0, 0.05) is 23.8 Å². The van der Waals surface area contributed by atoms with Gasteiger partial charge in [0.2, 0.25) is 0 Å². The van der Waals surface area contributed by atoms with E-state index in [0.29, 0.717) is 35.4 Å². The van der Waals surface area contributed by atoms with E-state index in [9.17, 15) is 4.79 Å². The average molecular weight is 376 g/mol. The van der Waals surface area contributed by atoms with Crippen molar-refractivity contribution in [2.75, 3.05) is 48.9 Å². The largest absolute Gasteiger partial charge is 0.483 e. The van der Waals surface area contributed by atoms with Crippen LogP contribution in [0.2, 0.25) is 5.02 Å². The number of nitrogens with zero attached hydrogens (tertiary/aromatic N) is 1. The molecule has 2 aromatic rings. The maximum absolute atomic E-state index is 12.1. The highest BCUT2D eigenvalue weighted by atomic mass is 35.5. The lowest BCUT2D eigenvalue weighted by Crippen LogP contribution is -2.36. The first-order valence-corrected chi connectivity index (χ1v) is 8.82. The molecular formula is C19H22ClN3O3. The summed E-state index contributed by atoms with van der Waals surface area (Å²) in [5.74, 6) is 0.379. The summed E-state index contributed by atoms with van der Waals surface area (Å²) in [5.41, 5.74) is 9.25. The number of rotatable bonds is 5. The highest BCUT2D eigenvalue weighted by Crippen LogP contribution is 2.27. The third-order valence-electron chi connectivity index (χ3n) is 4.16. The van der Waals surface area contributed by atoms with Crippen molar-refractivity contribution in [1.29, 1.82) is 0 Å². The first-order chi connectivity index (χ1) is 12.5. The van der Waals surface area contributed by atoms with E-state index < -0.39 is 0 Å². The van der Waals surface area contributed by atoms with Crippen LogP contribution in [-0.2, 0) is 9.53 Å². The minimum atomic E-state index is -0.252. The highest BCUT2D eigenvalue weighted by Gasteiger charge is 2.14. The molecule has 0 atom stereocenters. The molecule has 0 saturated carbocycles. The number of nitrogens with two attached hydrogens (primary N) is 1. The Kier molecular flexibility index (Phi) is 5.85. The molecule has 0 radical (unpaired) electrons. The first-order valence-electron chi connectivity index (χ1n) is 8.44. The molecule has 0 aromatic heterocycles. The Hall–Kier alpha value is -2.44. The number of carbonyl (C=O) groups excluding carboxylic acids is 1. The van der Waals surface area contributed by atoms with Crippen molar-refractivity contribution < 1.29 is 14.3 Å². The molecule has 1 amide bonds. The van der Waals surface area contributed by atoms with E-state index in [1.165, 1.54) is 0 Å². The summed E-state index contributed by atoms with van der Waals surface area (Å²) in [6.45, 7) is 4.80. The number of morpholine rings is 1. The number of hydrogen-bond acceptors (Lipinski definition) is 5. The van der Waals surface area contributed by atoms with Gasteiger partial charge in [-0.3, -0.25) is 4.79 Å². The number of aryl methyl sites for hydroxylation is 1. The molecule has 1 fully saturated rings. The lowest BCUT2D eigenvalue weighted by atomic mass is 10.2. The third-order valence-corrected chi connectivity index (χ3v) is 4.39. The van der Waals surface area contributed by atoms with E-state index in [0.717, 1.165) is 24.3 Å². The Bertz CT molecular complexity index is 792. The Morgan fingerprint density at radius 2 is 2.04 bits per heavy atom. The molecule has 0 spiro atoms. The van der Waals surface area contributed by atoms with E-state index >= 15 is 0 Å². The van der Waals surface area contributed by atoms with Gasteiger partial charge >= 0.3 is 0 Å². The maximum Gasteiger partial charge on any atom is 0.262 e. The van der Waals surface area contributed by atoms with Crippen molar-refractivity contribution in [2.45, 2.75) is 6.92 Å². The Balaban J connectivity index is 1.57. The molecule has 1 aliphatic heterocycles. The zero-order chi connectivity index (χ0) is 18.5. The van der Waals surface area contributed by atoms with Gasteiger partial charge < -0.3 is 25.4 Å². The number of ether oxygens (including phenoxy) is 2. The highest BCUT2D eigenvalue weighted by molar-refractivity contribution is 6.30. The van der Waals surface area contributed by atoms with Crippen molar-refractivity contribution in [1.82, 2.24) is 0 Å². The molecule has 2 aromatic carbocycles. The summed E-state index contributed by atoms with van der Waals surface area (Å²) >= 11 is 5.91. The van der Waals surface area contributed by atoms with Gasteiger partial charge in [-0.05, 0) is 48.9 Å². The van der Waals surface area contributed by atoms with Gasteiger partial charge in [-0.1, -0.05) is 11.6 Å². The molecule has 1 aliphatic rings. The molecule has 7 heteroatoms. The van der Waals surface area contributed by atoms with Gasteiger partial charge in [0.25, 0.3) is 5.91 Å². The monoisotopic (exact) mass is 375 g/mol. The van der Waals surface area contributed by atoms with Crippen LogP contribution in [0, 0.1) is 6.92 Å². The SMILES string of the molecule is Cc1cc(Cl)ccc1OCC(=O)Nc1ccc(N2CCOCC2)c(N)c1. The number of nitrogen functional groups attached to an aromatic ring is 1. The topological polar surface area (TPSA) is 76.8 Å². The molecule has 0 aliphatic carbocycles. The van der Waals surface area contributed by atoms with Crippen LogP contribution in [0.1, 0.15) is 5.56 Å². The lowest BCUT2D eigenvalue weighted by Gasteiger charge is -2.30. The Morgan fingerprint density at radius 3 is 2.73 bits per heavy atom. The van der Waals surface area contributed by atoms with Crippen LogP contribution in [-0.4, -0.2) is 38.8 Å². The van der Waals surface area contributed by atoms with E-state index in [1.807, 2.05) is 19.1 Å². The second-order valence-electron chi connectivity index (χ2n) is 6.12. The number of amides is 1. The smallest absolute Gasteiger partial charge is 0.262 e. The molecule has 1 saturated heterocycles. The van der Waals surface area contributed by atoms with Gasteiger partial charge in [-0.2, -0.15) is 0 Å². The fourth-order valence-corrected chi connectivity index (χ4v) is 3.07. The van der Waals surface area contributed by atoms with Crippen LogP contribution in [0.3, 0.4) is 0 Å². The van der Waals surface area contributed by atoms with Crippen molar-refractivity contribution in [3.8, 4) is 5.75 Å². The van der Waals surface area contributed by atoms with E-state index in [4.69, 9.17) is 26.8 Å². The molecule has 1 heterocycles. The molecule has 3 rings (SSSR count). The molecule has 6 nitrogen and oxygen atoms in total. The van der Waals surface area contributed by atoms with E-state index in [1.54, 1.807) is 24.3 Å². The number of carbonyl (C=O) groups is 1. The number of hydrogen-bond donors (Lipinski definition) is 2. The molecule has 26 heavy (non-hydrogen) atoms. The second kappa shape index (κ2) is 8.29. The van der Waals surface area contributed by atoms with Crippen LogP contribution in [0.25, 0.3) is 0 Å². The van der Waals surface area contributed by atoms with Gasteiger partial charge in [0.1, 0.15) is 5.75 Å². The first kappa shape index (κ1) is 18.4. The summed E-state index contributed by atoms with van der Waals surface area (Å²) in [5, 5.41) is 3.44. The lowest BCUT2D eigenvalue weighted by molar-refractivity contribution is -0.118. The Labute approximate surface area is 157 Å². The minimum absolute atomic E-state index is 0.0897. The van der Waals surface area contributed by atoms with Crippen molar-refractivity contribution >= 4 is 34.6 Å². The third kappa shape index (κ3) is 4.59. The second-order valence-corrected chi connectivity index (χ2v) is 6.56. The van der Waals surface area contributed by atoms with E-state index in [2.05, 4.69) is 10.2 Å². The fraction of sp³-hybridized carbons (Fsp3) is 0.316. The fourth-order valence-electron chi connectivity index (χ4n) is 2.84. The molecule has 0 bridgehead atoms. The van der Waals surface area contributed by atoms with Crippen LogP contribution in [0.4, 0.5) is 17.1 Å². The molecule has 0 unspecified atom stereocenters. The standard InChI is InChI=1S/C19H22ClN3O3/c1-13-10-14(20)2-5-18(13)26-12-19(24)22-15-3-4-17(16(21)11-15)23-6-8-25-9-7-23/h2-5,10-11H,6-9,12,21H2,1H3,(H,22,24). The predicted octanol–water partition coefficient (Wildman–Crippen LogP) is 3.08. The average Bonchev–Trinajstić information content (AvgIpc) is 2.62. The van der Waals surface area contributed by atoms with Crippen molar-refractivity contribution in [3.63, 3.8) is 0 Å². The number of anilines is 3. The normalized spacial score (nSPS) is 14.2. The zero-order valence-electron chi connectivity index (χ0n) is 14.6. The van der Waals surface area contributed by atoms with Crippen molar-refractivity contribution in [2.24, 2.45) is 0 Å². The quantitative estimate of drug-likeness (QED) is 0.785. The minimum Gasteiger partial charge on any atom is -0.483 e. The van der Waals surface area contributed by atoms with Crippen LogP contribution >= 0.6 is 11.6 Å². The van der Waals surface area contributed by atoms with Crippen LogP contribution in [0.5, 0.6) is 5.75 Å². The van der Waals surface area contributed by atoms with Crippen LogP contribution in [0.15, 0.2) is 36.4 Å². The summed E-state index contributed by atoms with van der Waals surface area (Å²) in [4.78, 5) is 14.3. The molecule has 138 valence electrons. The summed E-state index contributed by atoms with van der Waals surface area (Å²) < 4.78 is 10.9. The number of benzene rings is 2. The molecule has 3 N–H and O–H groups in total. The molecular weight excluding hydrogens is 354 g/mol. The van der Waals surface area contributed by atoms with Gasteiger partial charge in [0.05, 0.1) is 24.6 Å². The number of halogens is 1. The summed E-state index contributed by atoms with van der Waals surface area (Å²) in [6, 6.07) is 10.8. The zero-order valence-corrected chi connectivity index (χ0v) is 15.4. The maximum atomic E-state index is 12.1. The van der Waals surface area contributed by atoms with Gasteiger partial charge in [-0.15, -0.1) is 0 Å². The Morgan fingerprint density at radius 1 is 1.27 bits per heavy atom.